The standard InChI is InChI=1S/C16H22N2OS/c1-12(2)17-10-14-11-20-16(18-14)8-9-19-15-6-4-13(3)5-7-15/h4-7,11-12,17H,8-10H2,1-3H3. The van der Waals surface area contributed by atoms with Gasteiger partial charge in [0.05, 0.1) is 17.3 Å². The summed E-state index contributed by atoms with van der Waals surface area (Å²) in [6.07, 6.45) is 0.861. The van der Waals surface area contributed by atoms with E-state index in [4.69, 9.17) is 4.74 Å². The number of rotatable bonds is 7. The summed E-state index contributed by atoms with van der Waals surface area (Å²) < 4.78 is 5.72. The summed E-state index contributed by atoms with van der Waals surface area (Å²) in [6.45, 7) is 7.87. The molecule has 3 nitrogen and oxygen atoms in total. The summed E-state index contributed by atoms with van der Waals surface area (Å²) in [5, 5.41) is 6.63. The zero-order chi connectivity index (χ0) is 14.4. The van der Waals surface area contributed by atoms with Gasteiger partial charge in [-0.05, 0) is 19.1 Å². The number of thiazole rings is 1. The monoisotopic (exact) mass is 290 g/mol. The van der Waals surface area contributed by atoms with Crippen LogP contribution in [0.1, 0.15) is 30.1 Å². The maximum absolute atomic E-state index is 5.72. The fourth-order valence-electron chi connectivity index (χ4n) is 1.74. The Bertz CT molecular complexity index is 520. The molecule has 1 aromatic carbocycles. The molecule has 2 rings (SSSR count). The highest BCUT2D eigenvalue weighted by atomic mass is 32.1. The molecule has 0 spiro atoms. The van der Waals surface area contributed by atoms with Gasteiger partial charge < -0.3 is 10.1 Å². The summed E-state index contributed by atoms with van der Waals surface area (Å²) in [5.41, 5.74) is 2.37. The molecule has 0 saturated carbocycles. The van der Waals surface area contributed by atoms with Crippen molar-refractivity contribution in [1.29, 1.82) is 0 Å². The Morgan fingerprint density at radius 1 is 1.25 bits per heavy atom. The first-order chi connectivity index (χ1) is 9.63. The summed E-state index contributed by atoms with van der Waals surface area (Å²) in [6, 6.07) is 8.64. The van der Waals surface area contributed by atoms with Gasteiger partial charge in [-0.1, -0.05) is 31.5 Å². The first kappa shape index (κ1) is 15.0. The van der Waals surface area contributed by atoms with Crippen LogP contribution in [0.5, 0.6) is 5.75 Å². The van der Waals surface area contributed by atoms with E-state index in [1.807, 2.05) is 12.1 Å². The lowest BCUT2D eigenvalue weighted by molar-refractivity contribution is 0.321. The van der Waals surface area contributed by atoms with Gasteiger partial charge in [-0.25, -0.2) is 4.98 Å². The topological polar surface area (TPSA) is 34.1 Å². The van der Waals surface area contributed by atoms with Crippen molar-refractivity contribution in [3.8, 4) is 5.75 Å². The summed E-state index contributed by atoms with van der Waals surface area (Å²) in [5.74, 6) is 0.925. The van der Waals surface area contributed by atoms with Crippen LogP contribution in [0.2, 0.25) is 0 Å². The molecule has 0 aliphatic carbocycles. The number of ether oxygens (including phenoxy) is 1. The quantitative estimate of drug-likeness (QED) is 0.846. The molecule has 1 N–H and O–H groups in total. The normalized spacial score (nSPS) is 11.0. The second kappa shape index (κ2) is 7.41. The number of aromatic nitrogens is 1. The van der Waals surface area contributed by atoms with Crippen LogP contribution in [-0.2, 0) is 13.0 Å². The van der Waals surface area contributed by atoms with E-state index in [0.717, 1.165) is 29.4 Å². The maximum Gasteiger partial charge on any atom is 0.119 e. The van der Waals surface area contributed by atoms with E-state index in [2.05, 4.69) is 48.6 Å². The zero-order valence-electron chi connectivity index (χ0n) is 12.3. The van der Waals surface area contributed by atoms with Crippen molar-refractivity contribution in [2.45, 2.75) is 39.8 Å². The number of hydrogen-bond donors (Lipinski definition) is 1. The van der Waals surface area contributed by atoms with E-state index in [0.29, 0.717) is 12.6 Å². The summed E-state index contributed by atoms with van der Waals surface area (Å²) in [7, 11) is 0. The predicted octanol–water partition coefficient (Wildman–Crippen LogP) is 3.57. The molecule has 0 bridgehead atoms. The summed E-state index contributed by atoms with van der Waals surface area (Å²) >= 11 is 1.71. The van der Waals surface area contributed by atoms with Crippen LogP contribution >= 0.6 is 11.3 Å². The SMILES string of the molecule is Cc1ccc(OCCc2nc(CNC(C)C)cs2)cc1. The highest BCUT2D eigenvalue weighted by Gasteiger charge is 2.03. The molecule has 20 heavy (non-hydrogen) atoms. The molecule has 0 aliphatic heterocycles. The van der Waals surface area contributed by atoms with Gasteiger partial charge in [-0.2, -0.15) is 0 Å². The molecular formula is C16H22N2OS. The van der Waals surface area contributed by atoms with E-state index in [9.17, 15) is 0 Å². The predicted molar refractivity (Wildman–Crippen MR) is 84.5 cm³/mol. The lowest BCUT2D eigenvalue weighted by Gasteiger charge is -2.05. The molecule has 0 fully saturated rings. The Morgan fingerprint density at radius 2 is 2.00 bits per heavy atom. The van der Waals surface area contributed by atoms with E-state index >= 15 is 0 Å². The third-order valence-electron chi connectivity index (χ3n) is 2.90. The summed E-state index contributed by atoms with van der Waals surface area (Å²) in [4.78, 5) is 4.60. The van der Waals surface area contributed by atoms with Crippen LogP contribution in [0.25, 0.3) is 0 Å². The zero-order valence-corrected chi connectivity index (χ0v) is 13.2. The average molecular weight is 290 g/mol. The minimum absolute atomic E-state index is 0.491. The lowest BCUT2D eigenvalue weighted by atomic mass is 10.2. The average Bonchev–Trinajstić information content (AvgIpc) is 2.87. The van der Waals surface area contributed by atoms with Gasteiger partial charge in [0, 0.05) is 24.4 Å². The Kier molecular flexibility index (Phi) is 5.56. The fourth-order valence-corrected chi connectivity index (χ4v) is 2.52. The van der Waals surface area contributed by atoms with Gasteiger partial charge in [0.15, 0.2) is 0 Å². The third-order valence-corrected chi connectivity index (χ3v) is 3.85. The molecular weight excluding hydrogens is 268 g/mol. The van der Waals surface area contributed by atoms with E-state index in [1.54, 1.807) is 11.3 Å². The number of nitrogens with one attached hydrogen (secondary N) is 1. The van der Waals surface area contributed by atoms with Gasteiger partial charge in [-0.3, -0.25) is 0 Å². The molecule has 0 saturated heterocycles. The Morgan fingerprint density at radius 3 is 2.70 bits per heavy atom. The second-order valence-corrected chi connectivity index (χ2v) is 6.12. The van der Waals surface area contributed by atoms with Crippen LogP contribution in [0.3, 0.4) is 0 Å². The Labute approximate surface area is 125 Å². The van der Waals surface area contributed by atoms with Crippen molar-refractivity contribution in [2.24, 2.45) is 0 Å². The Balaban J connectivity index is 1.75. The number of hydrogen-bond acceptors (Lipinski definition) is 4. The fraction of sp³-hybridized carbons (Fsp3) is 0.438. The van der Waals surface area contributed by atoms with E-state index < -0.39 is 0 Å². The lowest BCUT2D eigenvalue weighted by Crippen LogP contribution is -2.21. The van der Waals surface area contributed by atoms with Crippen molar-refractivity contribution in [1.82, 2.24) is 10.3 Å². The van der Waals surface area contributed by atoms with Crippen LogP contribution in [-0.4, -0.2) is 17.6 Å². The maximum atomic E-state index is 5.72. The van der Waals surface area contributed by atoms with Gasteiger partial charge in [0.1, 0.15) is 5.75 Å². The van der Waals surface area contributed by atoms with Gasteiger partial charge >= 0.3 is 0 Å². The highest BCUT2D eigenvalue weighted by Crippen LogP contribution is 2.14. The molecule has 108 valence electrons. The molecule has 1 aromatic heterocycles. The van der Waals surface area contributed by atoms with Crippen molar-refractivity contribution in [3.63, 3.8) is 0 Å². The first-order valence-corrected chi connectivity index (χ1v) is 7.87. The molecule has 2 aromatic rings. The van der Waals surface area contributed by atoms with E-state index in [-0.39, 0.29) is 0 Å². The number of nitrogens with zero attached hydrogens (tertiary/aromatic N) is 1. The van der Waals surface area contributed by atoms with Crippen LogP contribution in [0.15, 0.2) is 29.6 Å². The number of benzene rings is 1. The molecule has 4 heteroatoms. The molecule has 1 heterocycles. The molecule has 0 aliphatic rings. The Hall–Kier alpha value is -1.39. The van der Waals surface area contributed by atoms with Crippen LogP contribution in [0, 0.1) is 6.92 Å². The van der Waals surface area contributed by atoms with Crippen molar-refractivity contribution in [3.05, 3.63) is 45.9 Å². The number of aryl methyl sites for hydroxylation is 1. The van der Waals surface area contributed by atoms with Crippen LogP contribution in [0.4, 0.5) is 0 Å². The largest absolute Gasteiger partial charge is 0.493 e. The molecule has 0 unspecified atom stereocenters. The van der Waals surface area contributed by atoms with Crippen molar-refractivity contribution >= 4 is 11.3 Å². The van der Waals surface area contributed by atoms with Gasteiger partial charge in [0.2, 0.25) is 0 Å². The highest BCUT2D eigenvalue weighted by molar-refractivity contribution is 7.09. The molecule has 0 amide bonds. The third kappa shape index (κ3) is 4.94. The second-order valence-electron chi connectivity index (χ2n) is 5.18. The first-order valence-electron chi connectivity index (χ1n) is 6.99. The van der Waals surface area contributed by atoms with E-state index in [1.165, 1.54) is 5.56 Å². The van der Waals surface area contributed by atoms with Crippen LogP contribution < -0.4 is 10.1 Å². The molecule has 0 radical (unpaired) electrons. The molecule has 0 atom stereocenters. The van der Waals surface area contributed by atoms with Gasteiger partial charge in [0.25, 0.3) is 0 Å². The van der Waals surface area contributed by atoms with Gasteiger partial charge in [-0.15, -0.1) is 11.3 Å². The minimum Gasteiger partial charge on any atom is -0.493 e. The smallest absolute Gasteiger partial charge is 0.119 e. The van der Waals surface area contributed by atoms with Crippen molar-refractivity contribution < 1.29 is 4.74 Å². The minimum atomic E-state index is 0.491. The van der Waals surface area contributed by atoms with Crippen molar-refractivity contribution in [2.75, 3.05) is 6.61 Å².